The number of hydrogen-bond acceptors (Lipinski definition) is 4. The van der Waals surface area contributed by atoms with E-state index in [4.69, 9.17) is 16.3 Å². The summed E-state index contributed by atoms with van der Waals surface area (Å²) in [5.74, 6) is -1.13. The fourth-order valence-electron chi connectivity index (χ4n) is 2.57. The minimum Gasteiger partial charge on any atom is -0.374 e. The largest absolute Gasteiger partial charge is 0.374 e. The summed E-state index contributed by atoms with van der Waals surface area (Å²) in [5, 5.41) is 10.0. The fourth-order valence-corrected chi connectivity index (χ4v) is 2.70. The molecule has 4 nitrogen and oxygen atoms in total. The number of carbonyl (C=O) groups is 1. The molecule has 0 spiro atoms. The van der Waals surface area contributed by atoms with Gasteiger partial charge in [0.1, 0.15) is 5.92 Å². The van der Waals surface area contributed by atoms with Crippen molar-refractivity contribution in [3.63, 3.8) is 0 Å². The maximum Gasteiger partial charge on any atom is 0.185 e. The molecule has 0 bridgehead atoms. The van der Waals surface area contributed by atoms with Crippen molar-refractivity contribution in [2.75, 3.05) is 19.8 Å². The van der Waals surface area contributed by atoms with Crippen LogP contribution in [0.15, 0.2) is 53.5 Å². The first-order valence-electron chi connectivity index (χ1n) is 7.60. The van der Waals surface area contributed by atoms with E-state index in [1.54, 1.807) is 12.1 Å². The highest BCUT2D eigenvalue weighted by Gasteiger charge is 2.26. The molecule has 1 atom stereocenters. The van der Waals surface area contributed by atoms with Gasteiger partial charge < -0.3 is 4.74 Å². The van der Waals surface area contributed by atoms with Gasteiger partial charge in [-0.15, -0.1) is 0 Å². The number of carbonyl (C=O) groups excluding carboxylic acids is 1. The fraction of sp³-hybridized carbons (Fsp3) is 0.211. The Morgan fingerprint density at radius 2 is 1.75 bits per heavy atom. The number of hydrogen-bond donors (Lipinski definition) is 0. The van der Waals surface area contributed by atoms with E-state index in [-0.39, 0.29) is 12.4 Å². The number of nitrogens with zero attached hydrogens (tertiary/aromatic N) is 2. The summed E-state index contributed by atoms with van der Waals surface area (Å²) in [5.41, 5.74) is 3.00. The first-order chi connectivity index (χ1) is 11.7. The van der Waals surface area contributed by atoms with Gasteiger partial charge in [-0.1, -0.05) is 48.0 Å². The van der Waals surface area contributed by atoms with Crippen molar-refractivity contribution in [3.05, 3.63) is 59.1 Å². The highest BCUT2D eigenvalue weighted by molar-refractivity contribution is 6.30. The lowest BCUT2D eigenvalue weighted by atomic mass is 9.93. The lowest BCUT2D eigenvalue weighted by molar-refractivity contribution is 0.0966. The number of rotatable bonds is 4. The molecular weight excluding hydrogens is 324 g/mol. The van der Waals surface area contributed by atoms with Gasteiger partial charge in [-0.3, -0.25) is 9.79 Å². The van der Waals surface area contributed by atoms with Crippen molar-refractivity contribution in [2.24, 2.45) is 10.9 Å². The molecule has 2 aromatic carbocycles. The van der Waals surface area contributed by atoms with Gasteiger partial charge >= 0.3 is 0 Å². The Hall–Kier alpha value is -2.48. The molecule has 0 radical (unpaired) electrons. The van der Waals surface area contributed by atoms with Crippen LogP contribution in [0.25, 0.3) is 11.1 Å². The van der Waals surface area contributed by atoms with Crippen LogP contribution >= 0.6 is 11.6 Å². The number of benzene rings is 2. The van der Waals surface area contributed by atoms with Crippen LogP contribution in [0.3, 0.4) is 0 Å². The Morgan fingerprint density at radius 1 is 1.12 bits per heavy atom. The molecule has 1 aliphatic heterocycles. The van der Waals surface area contributed by atoms with Crippen molar-refractivity contribution in [1.82, 2.24) is 0 Å². The van der Waals surface area contributed by atoms with Gasteiger partial charge in [-0.2, -0.15) is 5.26 Å². The van der Waals surface area contributed by atoms with Crippen LogP contribution in [0.4, 0.5) is 0 Å². The van der Waals surface area contributed by atoms with Gasteiger partial charge in [-0.25, -0.2) is 0 Å². The third-order valence-electron chi connectivity index (χ3n) is 3.87. The Labute approximate surface area is 145 Å². The van der Waals surface area contributed by atoms with Crippen LogP contribution in [-0.4, -0.2) is 31.3 Å². The number of aliphatic imine (C=N–C) groups is 1. The lowest BCUT2D eigenvalue weighted by Gasteiger charge is -2.16. The first kappa shape index (κ1) is 16.4. The van der Waals surface area contributed by atoms with Crippen LogP contribution in [-0.2, 0) is 4.74 Å². The van der Waals surface area contributed by atoms with E-state index >= 15 is 0 Å². The molecule has 0 aliphatic carbocycles. The van der Waals surface area contributed by atoms with Crippen LogP contribution in [0.2, 0.25) is 5.02 Å². The van der Waals surface area contributed by atoms with Gasteiger partial charge in [-0.05, 0) is 23.3 Å². The smallest absolute Gasteiger partial charge is 0.185 e. The molecule has 1 aliphatic rings. The third kappa shape index (κ3) is 3.53. The van der Waals surface area contributed by atoms with Gasteiger partial charge in [0, 0.05) is 10.6 Å². The Bertz CT molecular complexity index is 805. The highest BCUT2D eigenvalue weighted by Crippen LogP contribution is 2.23. The van der Waals surface area contributed by atoms with Crippen molar-refractivity contribution >= 4 is 23.1 Å². The zero-order valence-electron chi connectivity index (χ0n) is 12.9. The maximum absolute atomic E-state index is 12.6. The standard InChI is InChI=1S/C19H15ClN2O2/c20-16-7-5-14(6-8-16)13-1-3-15(4-2-13)19(23)17(11-21)18-12-24-10-9-22-18/h1-8,17H,9-10,12H2. The summed E-state index contributed by atoms with van der Waals surface area (Å²) in [7, 11) is 0. The first-order valence-corrected chi connectivity index (χ1v) is 7.97. The van der Waals surface area contributed by atoms with Crippen LogP contribution in [0.5, 0.6) is 0 Å². The second kappa shape index (κ2) is 7.39. The van der Waals surface area contributed by atoms with Crippen molar-refractivity contribution in [3.8, 4) is 17.2 Å². The molecule has 120 valence electrons. The molecule has 2 aromatic rings. The second-order valence-electron chi connectivity index (χ2n) is 5.44. The zero-order valence-corrected chi connectivity index (χ0v) is 13.7. The summed E-state index contributed by atoms with van der Waals surface area (Å²) in [6.45, 7) is 1.27. The highest BCUT2D eigenvalue weighted by atomic mass is 35.5. The Kier molecular flexibility index (Phi) is 5.05. The molecule has 0 fully saturated rings. The molecule has 0 N–H and O–H groups in total. The SMILES string of the molecule is N#CC(C(=O)c1ccc(-c2ccc(Cl)cc2)cc1)C1=NCCOC1. The van der Waals surface area contributed by atoms with E-state index in [1.165, 1.54) is 0 Å². The summed E-state index contributed by atoms with van der Waals surface area (Å²) in [4.78, 5) is 16.8. The van der Waals surface area contributed by atoms with Crippen LogP contribution in [0, 0.1) is 17.2 Å². The molecular formula is C19H15ClN2O2. The second-order valence-corrected chi connectivity index (χ2v) is 5.87. The van der Waals surface area contributed by atoms with E-state index in [9.17, 15) is 10.1 Å². The van der Waals surface area contributed by atoms with E-state index < -0.39 is 5.92 Å². The Morgan fingerprint density at radius 3 is 2.29 bits per heavy atom. The number of Topliss-reactive ketones (excluding diaryl/α,β-unsaturated/α-hetero) is 1. The quantitative estimate of drug-likeness (QED) is 0.796. The minimum atomic E-state index is -0.883. The summed E-state index contributed by atoms with van der Waals surface area (Å²) in [6, 6.07) is 16.7. The minimum absolute atomic E-state index is 0.243. The molecule has 3 rings (SSSR count). The van der Waals surface area contributed by atoms with Crippen LogP contribution < -0.4 is 0 Å². The van der Waals surface area contributed by atoms with Crippen molar-refractivity contribution in [1.29, 1.82) is 5.26 Å². The number of ether oxygens (including phenoxy) is 1. The Balaban J connectivity index is 1.81. The third-order valence-corrected chi connectivity index (χ3v) is 4.12. The van der Waals surface area contributed by atoms with Gasteiger partial charge in [0.15, 0.2) is 5.78 Å². The predicted octanol–water partition coefficient (Wildman–Crippen LogP) is 3.80. The number of nitriles is 1. The monoisotopic (exact) mass is 338 g/mol. The summed E-state index contributed by atoms with van der Waals surface area (Å²) < 4.78 is 5.29. The summed E-state index contributed by atoms with van der Waals surface area (Å²) >= 11 is 5.89. The maximum atomic E-state index is 12.6. The predicted molar refractivity (Wildman–Crippen MR) is 93.4 cm³/mol. The molecule has 1 unspecified atom stereocenters. The number of ketones is 1. The van der Waals surface area contributed by atoms with Gasteiger partial charge in [0.25, 0.3) is 0 Å². The zero-order chi connectivity index (χ0) is 16.9. The lowest BCUT2D eigenvalue weighted by Crippen LogP contribution is -2.30. The van der Waals surface area contributed by atoms with Crippen molar-refractivity contribution < 1.29 is 9.53 Å². The van der Waals surface area contributed by atoms with Gasteiger partial charge in [0.05, 0.1) is 31.5 Å². The molecule has 0 amide bonds. The normalized spacial score (nSPS) is 15.2. The molecule has 5 heteroatoms. The molecule has 0 saturated heterocycles. The van der Waals surface area contributed by atoms with E-state index in [1.807, 2.05) is 42.5 Å². The molecule has 1 heterocycles. The van der Waals surface area contributed by atoms with Gasteiger partial charge in [0.2, 0.25) is 0 Å². The topological polar surface area (TPSA) is 62.5 Å². The molecule has 0 aromatic heterocycles. The average molecular weight is 339 g/mol. The van der Waals surface area contributed by atoms with Crippen LogP contribution in [0.1, 0.15) is 10.4 Å². The molecule has 24 heavy (non-hydrogen) atoms. The van der Waals surface area contributed by atoms with E-state index in [0.717, 1.165) is 11.1 Å². The average Bonchev–Trinajstić information content (AvgIpc) is 2.64. The molecule has 0 saturated carbocycles. The number of halogens is 1. The van der Waals surface area contributed by atoms with Crippen molar-refractivity contribution in [2.45, 2.75) is 0 Å². The van der Waals surface area contributed by atoms with E-state index in [2.05, 4.69) is 4.99 Å². The summed E-state index contributed by atoms with van der Waals surface area (Å²) in [6.07, 6.45) is 0. The van der Waals surface area contributed by atoms with E-state index in [0.29, 0.717) is 29.4 Å².